The van der Waals surface area contributed by atoms with Crippen molar-refractivity contribution in [1.29, 1.82) is 0 Å². The Balaban J connectivity index is 1.53. The van der Waals surface area contributed by atoms with Crippen LogP contribution in [0.1, 0.15) is 50.2 Å². The molecule has 240 valence electrons. The summed E-state index contributed by atoms with van der Waals surface area (Å²) in [5, 5.41) is 10.7. The van der Waals surface area contributed by atoms with Crippen LogP contribution in [-0.4, -0.2) is 85.8 Å². The summed E-state index contributed by atoms with van der Waals surface area (Å²) in [6.07, 6.45) is 8.27. The summed E-state index contributed by atoms with van der Waals surface area (Å²) in [6, 6.07) is 18.3. The molecule has 2 aromatic carbocycles. The number of fused-ring (bicyclic) bond motifs is 1. The predicted octanol–water partition coefficient (Wildman–Crippen LogP) is 5.10. The van der Waals surface area contributed by atoms with Gasteiger partial charge in [0.2, 0.25) is 17.7 Å². The van der Waals surface area contributed by atoms with Gasteiger partial charge in [-0.25, -0.2) is 0 Å². The Morgan fingerprint density at radius 2 is 1.64 bits per heavy atom. The van der Waals surface area contributed by atoms with Crippen molar-refractivity contribution in [2.24, 2.45) is 11.8 Å². The van der Waals surface area contributed by atoms with E-state index in [1.807, 2.05) is 65.6 Å². The number of carbonyl (C=O) groups excluding carboxylic acids is 3. The first-order valence-electron chi connectivity index (χ1n) is 16.4. The molecule has 45 heavy (non-hydrogen) atoms. The first-order valence-corrected chi connectivity index (χ1v) is 17.3. The Bertz CT molecular complexity index is 1350. The number of benzene rings is 2. The van der Waals surface area contributed by atoms with Crippen LogP contribution in [0, 0.1) is 11.8 Å². The minimum Gasteiger partial charge on any atom is -0.394 e. The smallest absolute Gasteiger partial charge is 0.247 e. The van der Waals surface area contributed by atoms with Gasteiger partial charge in [0.15, 0.2) is 0 Å². The summed E-state index contributed by atoms with van der Waals surface area (Å²) in [5.74, 6) is -1.50. The number of thioether (sulfide) groups is 1. The van der Waals surface area contributed by atoms with Gasteiger partial charge in [-0.2, -0.15) is 0 Å². The second kappa shape index (κ2) is 14.8. The number of nitrogens with zero attached hydrogens (tertiary/aromatic N) is 3. The lowest BCUT2D eigenvalue weighted by atomic mass is 9.70. The topological polar surface area (TPSA) is 81.2 Å². The van der Waals surface area contributed by atoms with E-state index in [9.17, 15) is 19.5 Å². The average molecular weight is 630 g/mol. The molecule has 8 heteroatoms. The highest BCUT2D eigenvalue weighted by molar-refractivity contribution is 8.02. The Kier molecular flexibility index (Phi) is 10.9. The minimum atomic E-state index is -0.757. The lowest BCUT2D eigenvalue weighted by Gasteiger charge is -2.40. The van der Waals surface area contributed by atoms with Crippen LogP contribution in [-0.2, 0) is 27.3 Å². The van der Waals surface area contributed by atoms with Gasteiger partial charge >= 0.3 is 0 Å². The van der Waals surface area contributed by atoms with Crippen LogP contribution in [0.4, 0.5) is 0 Å². The molecule has 2 bridgehead atoms. The Hall–Kier alpha value is -3.36. The number of hydrogen-bond donors (Lipinski definition) is 1. The third-order valence-electron chi connectivity index (χ3n) is 9.75. The highest BCUT2D eigenvalue weighted by atomic mass is 32.2. The van der Waals surface area contributed by atoms with Gasteiger partial charge in [0.05, 0.1) is 29.2 Å². The van der Waals surface area contributed by atoms with Gasteiger partial charge in [-0.05, 0) is 36.8 Å². The Labute approximate surface area is 272 Å². The fraction of sp³-hybridized carbons (Fsp3) is 0.486. The highest BCUT2D eigenvalue weighted by Crippen LogP contribution is 2.67. The number of amides is 3. The molecule has 2 unspecified atom stereocenters. The van der Waals surface area contributed by atoms with E-state index in [1.165, 1.54) is 0 Å². The van der Waals surface area contributed by atoms with E-state index in [1.54, 1.807) is 33.7 Å². The zero-order valence-electron chi connectivity index (χ0n) is 26.4. The van der Waals surface area contributed by atoms with Crippen molar-refractivity contribution in [3.63, 3.8) is 0 Å². The first-order chi connectivity index (χ1) is 21.9. The van der Waals surface area contributed by atoms with Gasteiger partial charge in [0, 0.05) is 31.4 Å². The minimum absolute atomic E-state index is 0.0402. The van der Waals surface area contributed by atoms with Crippen LogP contribution in [0.15, 0.2) is 86.0 Å². The monoisotopic (exact) mass is 629 g/mol. The molecule has 0 aliphatic carbocycles. The quantitative estimate of drug-likeness (QED) is 0.207. The fourth-order valence-electron chi connectivity index (χ4n) is 7.76. The van der Waals surface area contributed by atoms with Crippen LogP contribution >= 0.6 is 11.8 Å². The lowest BCUT2D eigenvalue weighted by Crippen LogP contribution is -2.58. The van der Waals surface area contributed by atoms with Crippen molar-refractivity contribution in [3.8, 4) is 0 Å². The van der Waals surface area contributed by atoms with Crippen LogP contribution < -0.4 is 0 Å². The van der Waals surface area contributed by atoms with Crippen LogP contribution in [0.2, 0.25) is 0 Å². The molecule has 0 radical (unpaired) electrons. The SMILES string of the molecule is C=CCN(CCCCC)C(=O)C1N([C@@H](CO)Cc2ccccc2)C(=O)[C@@H]2[C@H](C(=O)N(CC=C)Cc3ccccc3)[C@@H]3CCC12S3. The van der Waals surface area contributed by atoms with Crippen molar-refractivity contribution in [2.75, 3.05) is 26.2 Å². The van der Waals surface area contributed by atoms with Crippen molar-refractivity contribution in [1.82, 2.24) is 14.7 Å². The van der Waals surface area contributed by atoms with E-state index in [0.29, 0.717) is 39.0 Å². The van der Waals surface area contributed by atoms with Gasteiger partial charge in [0.25, 0.3) is 0 Å². The zero-order chi connectivity index (χ0) is 32.0. The van der Waals surface area contributed by atoms with Crippen LogP contribution in [0.3, 0.4) is 0 Å². The molecule has 6 atom stereocenters. The van der Waals surface area contributed by atoms with E-state index in [0.717, 1.165) is 36.8 Å². The molecule has 3 aliphatic rings. The third kappa shape index (κ3) is 6.50. The number of likely N-dealkylation sites (tertiary alicyclic amines) is 1. The Morgan fingerprint density at radius 1 is 1.00 bits per heavy atom. The number of unbranched alkanes of at least 4 members (excludes halogenated alkanes) is 2. The maximum absolute atomic E-state index is 14.8. The Morgan fingerprint density at radius 3 is 2.27 bits per heavy atom. The molecule has 3 fully saturated rings. The summed E-state index contributed by atoms with van der Waals surface area (Å²) >= 11 is 1.68. The third-order valence-corrected chi connectivity index (χ3v) is 11.7. The molecule has 1 spiro atoms. The fourth-order valence-corrected chi connectivity index (χ4v) is 9.95. The van der Waals surface area contributed by atoms with Gasteiger partial charge in [-0.3, -0.25) is 14.4 Å². The summed E-state index contributed by atoms with van der Waals surface area (Å²) in [4.78, 5) is 49.3. The van der Waals surface area contributed by atoms with Crippen molar-refractivity contribution in [3.05, 3.63) is 97.1 Å². The van der Waals surface area contributed by atoms with Crippen LogP contribution in [0.25, 0.3) is 0 Å². The molecule has 5 rings (SSSR count). The normalized spacial score (nSPS) is 25.6. The van der Waals surface area contributed by atoms with E-state index >= 15 is 0 Å². The molecular formula is C37H47N3O4S. The first kappa shape index (κ1) is 33.0. The molecule has 0 saturated carbocycles. The second-order valence-corrected chi connectivity index (χ2v) is 14.2. The summed E-state index contributed by atoms with van der Waals surface area (Å²) in [6.45, 7) is 11.5. The maximum atomic E-state index is 14.8. The molecule has 2 aromatic rings. The van der Waals surface area contributed by atoms with E-state index in [-0.39, 0.29) is 29.6 Å². The van der Waals surface area contributed by atoms with Crippen molar-refractivity contribution in [2.45, 2.75) is 74.1 Å². The van der Waals surface area contributed by atoms with Crippen molar-refractivity contribution < 1.29 is 19.5 Å². The van der Waals surface area contributed by atoms with E-state index in [4.69, 9.17) is 0 Å². The van der Waals surface area contributed by atoms with E-state index in [2.05, 4.69) is 20.1 Å². The molecule has 0 aromatic heterocycles. The second-order valence-electron chi connectivity index (χ2n) is 12.6. The van der Waals surface area contributed by atoms with Gasteiger partial charge in [0.1, 0.15) is 6.04 Å². The molecule has 3 saturated heterocycles. The molecule has 3 heterocycles. The summed E-state index contributed by atoms with van der Waals surface area (Å²) < 4.78 is -0.722. The predicted molar refractivity (Wildman–Crippen MR) is 180 cm³/mol. The number of hydrogen-bond acceptors (Lipinski definition) is 5. The maximum Gasteiger partial charge on any atom is 0.247 e. The number of rotatable bonds is 16. The highest BCUT2D eigenvalue weighted by Gasteiger charge is 2.74. The van der Waals surface area contributed by atoms with Crippen LogP contribution in [0.5, 0.6) is 0 Å². The summed E-state index contributed by atoms with van der Waals surface area (Å²) in [7, 11) is 0. The standard InChI is InChI=1S/C37H47N3O4S/c1-4-7-14-23-38(21-5-2)36(44)33-37-20-19-30(45-37)31(34(42)39(22-6-3)25-28-17-12-9-13-18-28)32(37)35(43)40(33)29(26-41)24-27-15-10-8-11-16-27/h5-6,8-13,15-18,29-33,41H,2-4,7,14,19-26H2,1H3/t29-,30+,31-,32+,33?,37?/m1/s1. The molecular weight excluding hydrogens is 582 g/mol. The summed E-state index contributed by atoms with van der Waals surface area (Å²) in [5.41, 5.74) is 2.00. The van der Waals surface area contributed by atoms with Gasteiger partial charge < -0.3 is 19.8 Å². The average Bonchev–Trinajstić information content (AvgIpc) is 3.71. The number of aliphatic hydroxyl groups is 1. The van der Waals surface area contributed by atoms with Gasteiger partial charge in [-0.15, -0.1) is 24.9 Å². The number of aliphatic hydroxyl groups excluding tert-OH is 1. The lowest BCUT2D eigenvalue weighted by molar-refractivity contribution is -0.147. The molecule has 1 N–H and O–H groups in total. The van der Waals surface area contributed by atoms with Crippen molar-refractivity contribution >= 4 is 29.5 Å². The molecule has 3 aliphatic heterocycles. The largest absolute Gasteiger partial charge is 0.394 e. The van der Waals surface area contributed by atoms with Gasteiger partial charge in [-0.1, -0.05) is 92.6 Å². The molecule has 3 amide bonds. The molecule has 7 nitrogen and oxygen atoms in total. The zero-order valence-corrected chi connectivity index (χ0v) is 27.2. The number of carbonyl (C=O) groups is 3. The van der Waals surface area contributed by atoms with E-state index < -0.39 is 28.7 Å².